The van der Waals surface area contributed by atoms with Crippen LogP contribution in [-0.2, 0) is 23.6 Å². The molecule has 0 radical (unpaired) electrons. The number of piperidine rings is 1. The first-order valence-electron chi connectivity index (χ1n) is 15.9. The summed E-state index contributed by atoms with van der Waals surface area (Å²) in [5, 5.41) is 10.4. The SMILES string of the molecule is C[C@]1(c2ccc(Cl)cn2)Oc2cccc(C3CCN(Cc4nc5c(OCC6CCO6)cc(C(=O)O)nc5n4Cc4cncs4)CC3)c2O1. The molecule has 7 heterocycles. The minimum absolute atomic E-state index is 0.00723. The molecule has 8 rings (SSSR count). The number of pyridine rings is 2. The predicted octanol–water partition coefficient (Wildman–Crippen LogP) is 5.87. The van der Waals surface area contributed by atoms with Crippen LogP contribution >= 0.6 is 22.9 Å². The average molecular weight is 689 g/mol. The molecule has 2 fully saturated rings. The van der Waals surface area contributed by atoms with Crippen molar-refractivity contribution in [2.75, 3.05) is 26.3 Å². The normalized spacial score (nSPS) is 21.0. The number of hydrogen-bond donors (Lipinski definition) is 1. The van der Waals surface area contributed by atoms with Crippen molar-refractivity contribution in [3.63, 3.8) is 0 Å². The van der Waals surface area contributed by atoms with Gasteiger partial charge in [-0.05, 0) is 50.0 Å². The highest BCUT2D eigenvalue weighted by Gasteiger charge is 2.42. The fourth-order valence-corrected chi connectivity index (χ4v) is 7.20. The Labute approximate surface area is 285 Å². The Hall–Kier alpha value is -4.30. The summed E-state index contributed by atoms with van der Waals surface area (Å²) >= 11 is 7.60. The second kappa shape index (κ2) is 12.6. The van der Waals surface area contributed by atoms with Gasteiger partial charge in [-0.15, -0.1) is 11.3 Å². The van der Waals surface area contributed by atoms with Gasteiger partial charge in [0, 0.05) is 48.9 Å². The molecule has 12 nitrogen and oxygen atoms in total. The molecule has 5 aromatic rings. The van der Waals surface area contributed by atoms with Gasteiger partial charge in [0.15, 0.2) is 34.1 Å². The molecular formula is C34H33ClN6O6S. The van der Waals surface area contributed by atoms with Crippen molar-refractivity contribution < 1.29 is 28.8 Å². The van der Waals surface area contributed by atoms with Gasteiger partial charge in [-0.3, -0.25) is 14.9 Å². The van der Waals surface area contributed by atoms with Gasteiger partial charge in [0.1, 0.15) is 18.1 Å². The van der Waals surface area contributed by atoms with Crippen molar-refractivity contribution in [3.05, 3.63) is 87.0 Å². The van der Waals surface area contributed by atoms with Gasteiger partial charge in [0.2, 0.25) is 0 Å². The van der Waals surface area contributed by atoms with E-state index in [1.54, 1.807) is 17.8 Å². The minimum atomic E-state index is -1.12. The Morgan fingerprint density at radius 1 is 1.12 bits per heavy atom. The van der Waals surface area contributed by atoms with Crippen molar-refractivity contribution in [1.82, 2.24) is 29.4 Å². The molecule has 0 aliphatic carbocycles. The Kier molecular flexibility index (Phi) is 8.15. The summed E-state index contributed by atoms with van der Waals surface area (Å²) in [4.78, 5) is 33.7. The molecule has 1 aromatic carbocycles. The summed E-state index contributed by atoms with van der Waals surface area (Å²) in [6.45, 7) is 5.63. The molecule has 0 saturated carbocycles. The predicted molar refractivity (Wildman–Crippen MR) is 177 cm³/mol. The number of aromatic carboxylic acids is 1. The van der Waals surface area contributed by atoms with E-state index in [0.717, 1.165) is 54.4 Å². The second-order valence-corrected chi connectivity index (χ2v) is 13.8. The van der Waals surface area contributed by atoms with Crippen LogP contribution in [0.25, 0.3) is 11.2 Å². The number of imidazole rings is 1. The van der Waals surface area contributed by atoms with Gasteiger partial charge in [0.25, 0.3) is 5.79 Å². The van der Waals surface area contributed by atoms with Crippen LogP contribution in [0, 0.1) is 0 Å². The minimum Gasteiger partial charge on any atom is -0.488 e. The second-order valence-electron chi connectivity index (χ2n) is 12.4. The highest BCUT2D eigenvalue weighted by molar-refractivity contribution is 7.09. The third kappa shape index (κ3) is 5.96. The smallest absolute Gasteiger partial charge is 0.354 e. The number of benzene rings is 1. The number of rotatable bonds is 10. The summed E-state index contributed by atoms with van der Waals surface area (Å²) in [6, 6.07) is 11.1. The largest absolute Gasteiger partial charge is 0.488 e. The number of likely N-dealkylation sites (tertiary alicyclic amines) is 1. The fraction of sp³-hybridized carbons (Fsp3) is 0.382. The molecule has 2 saturated heterocycles. The van der Waals surface area contributed by atoms with Crippen LogP contribution in [0.1, 0.15) is 64.6 Å². The lowest BCUT2D eigenvalue weighted by atomic mass is 9.88. The van der Waals surface area contributed by atoms with Crippen LogP contribution in [-0.4, -0.2) is 72.9 Å². The van der Waals surface area contributed by atoms with E-state index < -0.39 is 11.8 Å². The third-order valence-electron chi connectivity index (χ3n) is 9.18. The number of ether oxygens (including phenoxy) is 4. The van der Waals surface area contributed by atoms with Crippen molar-refractivity contribution in [2.45, 2.75) is 57.1 Å². The molecule has 48 heavy (non-hydrogen) atoms. The maximum atomic E-state index is 12.1. The molecule has 3 aliphatic heterocycles. The van der Waals surface area contributed by atoms with Gasteiger partial charge < -0.3 is 28.6 Å². The van der Waals surface area contributed by atoms with Gasteiger partial charge in [0.05, 0.1) is 29.7 Å². The molecule has 1 N–H and O–H groups in total. The Morgan fingerprint density at radius 3 is 2.69 bits per heavy atom. The molecule has 2 atom stereocenters. The van der Waals surface area contributed by atoms with Crippen LogP contribution in [0.5, 0.6) is 17.2 Å². The van der Waals surface area contributed by atoms with E-state index >= 15 is 0 Å². The van der Waals surface area contributed by atoms with Crippen LogP contribution in [0.4, 0.5) is 0 Å². The maximum Gasteiger partial charge on any atom is 0.354 e. The number of fused-ring (bicyclic) bond motifs is 2. The van der Waals surface area contributed by atoms with Crippen molar-refractivity contribution in [3.8, 4) is 17.2 Å². The zero-order valence-corrected chi connectivity index (χ0v) is 27.7. The lowest BCUT2D eigenvalue weighted by Crippen LogP contribution is -2.34. The Balaban J connectivity index is 1.03. The van der Waals surface area contributed by atoms with E-state index in [2.05, 4.69) is 25.9 Å². The summed E-state index contributed by atoms with van der Waals surface area (Å²) in [5.41, 5.74) is 4.50. The molecule has 0 amide bonds. The molecule has 3 aliphatic rings. The molecule has 0 bridgehead atoms. The first-order chi connectivity index (χ1) is 23.3. The number of nitrogens with zero attached hydrogens (tertiary/aromatic N) is 6. The summed E-state index contributed by atoms with van der Waals surface area (Å²) < 4.78 is 26.4. The summed E-state index contributed by atoms with van der Waals surface area (Å²) in [7, 11) is 0. The monoisotopic (exact) mass is 688 g/mol. The number of halogens is 1. The van der Waals surface area contributed by atoms with E-state index in [-0.39, 0.29) is 17.7 Å². The number of carbonyl (C=O) groups is 1. The number of carboxylic acids is 1. The number of aromatic nitrogens is 5. The van der Waals surface area contributed by atoms with Crippen LogP contribution < -0.4 is 14.2 Å². The standard InChI is InChI=1S/C34H33ClN6O6S/c1-34(28-6-5-21(35)14-37-28)46-26-4-2-3-24(31(26)47-34)20-7-10-40(11-8-20)17-29-39-30-27(45-18-22-9-12-44-22)13-25(33(42)43)38-32(30)41(29)16-23-15-36-19-48-23/h2-6,13-15,19-20,22H,7-12,16-18H2,1H3,(H,42,43)/t22?,34-/m0/s1. The van der Waals surface area contributed by atoms with E-state index in [4.69, 9.17) is 35.5 Å². The van der Waals surface area contributed by atoms with Crippen LogP contribution in [0.3, 0.4) is 0 Å². The number of carboxylic acid groups (broad SMARTS) is 1. The fourth-order valence-electron chi connectivity index (χ4n) is 6.51. The van der Waals surface area contributed by atoms with E-state index in [9.17, 15) is 9.90 Å². The van der Waals surface area contributed by atoms with E-state index in [0.29, 0.717) is 59.7 Å². The first-order valence-corrected chi connectivity index (χ1v) is 17.2. The quantitative estimate of drug-likeness (QED) is 0.189. The van der Waals surface area contributed by atoms with Gasteiger partial charge in [-0.2, -0.15) is 0 Å². The van der Waals surface area contributed by atoms with Crippen LogP contribution in [0.15, 0.2) is 54.3 Å². The van der Waals surface area contributed by atoms with Crippen molar-refractivity contribution in [2.24, 2.45) is 0 Å². The Bertz CT molecular complexity index is 1960. The number of para-hydroxylation sites is 1. The maximum absolute atomic E-state index is 12.1. The van der Waals surface area contributed by atoms with E-state index in [1.165, 1.54) is 17.4 Å². The molecular weight excluding hydrogens is 656 g/mol. The highest BCUT2D eigenvalue weighted by atomic mass is 35.5. The summed E-state index contributed by atoms with van der Waals surface area (Å²) in [6.07, 6.45) is 6.15. The summed E-state index contributed by atoms with van der Waals surface area (Å²) in [5.74, 6) is 0.787. The van der Waals surface area contributed by atoms with Crippen molar-refractivity contribution >= 4 is 40.1 Å². The number of hydrogen-bond acceptors (Lipinski definition) is 11. The van der Waals surface area contributed by atoms with Gasteiger partial charge in [-0.25, -0.2) is 14.8 Å². The lowest BCUT2D eigenvalue weighted by molar-refractivity contribution is -0.0723. The third-order valence-corrected chi connectivity index (χ3v) is 10.2. The average Bonchev–Trinajstić information content (AvgIpc) is 3.79. The molecule has 14 heteroatoms. The van der Waals surface area contributed by atoms with Gasteiger partial charge >= 0.3 is 5.97 Å². The topological polar surface area (TPSA) is 134 Å². The molecule has 4 aromatic heterocycles. The molecule has 1 unspecified atom stereocenters. The molecule has 248 valence electrons. The number of thiazole rings is 1. The zero-order valence-electron chi connectivity index (χ0n) is 26.2. The zero-order chi connectivity index (χ0) is 32.8. The van der Waals surface area contributed by atoms with Gasteiger partial charge in [-0.1, -0.05) is 23.7 Å². The highest BCUT2D eigenvalue weighted by Crippen LogP contribution is 2.49. The Morgan fingerprint density at radius 2 is 1.98 bits per heavy atom. The molecule has 0 spiro atoms. The van der Waals surface area contributed by atoms with Crippen LogP contribution in [0.2, 0.25) is 5.02 Å². The lowest BCUT2D eigenvalue weighted by Gasteiger charge is -2.32. The first kappa shape index (κ1) is 31.0. The van der Waals surface area contributed by atoms with Crippen molar-refractivity contribution in [1.29, 1.82) is 0 Å². The van der Waals surface area contributed by atoms with E-state index in [1.807, 2.05) is 35.9 Å².